The Morgan fingerprint density at radius 3 is 2.88 bits per heavy atom. The van der Waals surface area contributed by atoms with E-state index in [0.717, 1.165) is 33.4 Å². The van der Waals surface area contributed by atoms with E-state index < -0.39 is 0 Å². The number of hydrogen-bond donors (Lipinski definition) is 0. The highest BCUT2D eigenvalue weighted by molar-refractivity contribution is 7.98. The van der Waals surface area contributed by atoms with Crippen molar-refractivity contribution in [3.05, 3.63) is 51.4 Å². The van der Waals surface area contributed by atoms with Gasteiger partial charge in [-0.15, -0.1) is 10.2 Å². The monoisotopic (exact) mass is 362 g/mol. The summed E-state index contributed by atoms with van der Waals surface area (Å²) in [5.74, 6) is 2.05. The van der Waals surface area contributed by atoms with E-state index >= 15 is 0 Å². The molecule has 2 heterocycles. The van der Waals surface area contributed by atoms with Crippen LogP contribution in [0.15, 0.2) is 40.9 Å². The topological polar surface area (TPSA) is 83.1 Å². The van der Waals surface area contributed by atoms with Gasteiger partial charge < -0.3 is 9.30 Å². The van der Waals surface area contributed by atoms with Crippen molar-refractivity contribution >= 4 is 28.1 Å². The second-order valence-electron chi connectivity index (χ2n) is 4.90. The van der Waals surface area contributed by atoms with E-state index in [0.29, 0.717) is 11.6 Å². The average Bonchev–Trinajstić information content (AvgIpc) is 3.20. The van der Waals surface area contributed by atoms with Gasteiger partial charge in [0.2, 0.25) is 0 Å². The number of hydrogen-bond acceptors (Lipinski definition) is 7. The average molecular weight is 362 g/mol. The first-order valence-corrected chi connectivity index (χ1v) is 8.84. The van der Waals surface area contributed by atoms with Crippen LogP contribution in [0.4, 0.5) is 5.00 Å². The lowest BCUT2D eigenvalue weighted by atomic mass is 10.2. The Labute approximate surface area is 146 Å². The van der Waals surface area contributed by atoms with Crippen molar-refractivity contribution in [1.82, 2.24) is 14.8 Å². The van der Waals surface area contributed by atoms with Gasteiger partial charge in [0.1, 0.15) is 5.75 Å². The van der Waals surface area contributed by atoms with Crippen molar-refractivity contribution in [3.63, 3.8) is 0 Å². The smallest absolute Gasteiger partial charge is 0.324 e. The molecule has 3 aromatic rings. The number of nitrogens with zero attached hydrogens (tertiary/aromatic N) is 4. The number of benzene rings is 1. The minimum atomic E-state index is -0.374. The highest BCUT2D eigenvalue weighted by atomic mass is 32.2. The highest BCUT2D eigenvalue weighted by Gasteiger charge is 2.16. The van der Waals surface area contributed by atoms with Gasteiger partial charge in [0.25, 0.3) is 0 Å². The normalized spacial score (nSPS) is 10.8. The number of thiophene rings is 1. The number of para-hydroxylation sites is 1. The van der Waals surface area contributed by atoms with Crippen molar-refractivity contribution in [3.8, 4) is 17.1 Å². The number of thioether (sulfide) groups is 1. The minimum absolute atomic E-state index is 0.151. The van der Waals surface area contributed by atoms with Gasteiger partial charge in [-0.05, 0) is 17.7 Å². The van der Waals surface area contributed by atoms with Gasteiger partial charge in [0, 0.05) is 24.2 Å². The molecule has 9 heteroatoms. The first-order valence-electron chi connectivity index (χ1n) is 6.97. The molecule has 124 valence electrons. The summed E-state index contributed by atoms with van der Waals surface area (Å²) in [6.07, 6.45) is 0. The van der Waals surface area contributed by atoms with Crippen LogP contribution in [0.1, 0.15) is 5.56 Å². The van der Waals surface area contributed by atoms with Gasteiger partial charge >= 0.3 is 5.00 Å². The maximum Gasteiger partial charge on any atom is 0.324 e. The van der Waals surface area contributed by atoms with Gasteiger partial charge in [-0.25, -0.2) is 0 Å². The quantitative estimate of drug-likeness (QED) is 0.377. The van der Waals surface area contributed by atoms with Crippen LogP contribution in [0.25, 0.3) is 11.4 Å². The third-order valence-corrected chi connectivity index (χ3v) is 5.39. The van der Waals surface area contributed by atoms with Crippen LogP contribution in [0.5, 0.6) is 5.75 Å². The lowest BCUT2D eigenvalue weighted by Crippen LogP contribution is -1.97. The molecule has 0 saturated heterocycles. The van der Waals surface area contributed by atoms with Crippen molar-refractivity contribution in [2.24, 2.45) is 7.05 Å². The zero-order valence-electron chi connectivity index (χ0n) is 13.0. The summed E-state index contributed by atoms with van der Waals surface area (Å²) < 4.78 is 7.26. The predicted molar refractivity (Wildman–Crippen MR) is 93.5 cm³/mol. The highest BCUT2D eigenvalue weighted by Crippen LogP contribution is 2.32. The maximum atomic E-state index is 10.7. The fraction of sp³-hybridized carbons (Fsp3) is 0.200. The summed E-state index contributed by atoms with van der Waals surface area (Å²) in [6, 6.07) is 9.22. The molecular formula is C15H14N4O3S2. The van der Waals surface area contributed by atoms with Crippen LogP contribution < -0.4 is 4.74 Å². The van der Waals surface area contributed by atoms with Gasteiger partial charge in [-0.1, -0.05) is 35.2 Å². The van der Waals surface area contributed by atoms with E-state index in [1.165, 1.54) is 11.8 Å². The lowest BCUT2D eigenvalue weighted by Gasteiger charge is -2.07. The Morgan fingerprint density at radius 2 is 2.17 bits per heavy atom. The van der Waals surface area contributed by atoms with Crippen LogP contribution in [0, 0.1) is 10.1 Å². The van der Waals surface area contributed by atoms with E-state index in [1.807, 2.05) is 35.9 Å². The first-order chi connectivity index (χ1) is 11.6. The summed E-state index contributed by atoms with van der Waals surface area (Å²) in [5.41, 5.74) is 1.77. The van der Waals surface area contributed by atoms with Gasteiger partial charge in [0.15, 0.2) is 11.0 Å². The van der Waals surface area contributed by atoms with Crippen molar-refractivity contribution in [1.29, 1.82) is 0 Å². The molecule has 24 heavy (non-hydrogen) atoms. The molecule has 0 bridgehead atoms. The number of nitro groups is 1. The Kier molecular flexibility index (Phi) is 4.81. The summed E-state index contributed by atoms with van der Waals surface area (Å²) in [7, 11) is 3.51. The molecule has 0 amide bonds. The Balaban J connectivity index is 1.78. The molecule has 0 spiro atoms. The Hall–Kier alpha value is -2.39. The second-order valence-corrected chi connectivity index (χ2v) is 6.74. The van der Waals surface area contributed by atoms with E-state index in [-0.39, 0.29) is 9.92 Å². The Bertz CT molecular complexity index is 875. The van der Waals surface area contributed by atoms with Crippen molar-refractivity contribution < 1.29 is 9.66 Å². The fourth-order valence-electron chi connectivity index (χ4n) is 2.19. The maximum absolute atomic E-state index is 10.7. The number of ether oxygens (including phenoxy) is 1. The second kappa shape index (κ2) is 7.02. The molecule has 1 aromatic carbocycles. The molecule has 0 fully saturated rings. The number of methoxy groups -OCH3 is 1. The molecule has 0 unspecified atom stereocenters. The van der Waals surface area contributed by atoms with Crippen molar-refractivity contribution in [2.75, 3.05) is 7.11 Å². The fourth-order valence-corrected chi connectivity index (χ4v) is 3.86. The number of aromatic nitrogens is 3. The third-order valence-electron chi connectivity index (χ3n) is 3.37. The summed E-state index contributed by atoms with van der Waals surface area (Å²) in [6.45, 7) is 0. The van der Waals surface area contributed by atoms with Crippen LogP contribution >= 0.6 is 23.1 Å². The van der Waals surface area contributed by atoms with Gasteiger partial charge in [-0.2, -0.15) is 0 Å². The molecule has 3 rings (SSSR count). The molecule has 2 aromatic heterocycles. The molecule has 0 radical (unpaired) electrons. The molecule has 0 N–H and O–H groups in total. The molecule has 7 nitrogen and oxygen atoms in total. The van der Waals surface area contributed by atoms with Crippen LogP contribution in [-0.2, 0) is 12.8 Å². The van der Waals surface area contributed by atoms with E-state index in [1.54, 1.807) is 18.6 Å². The van der Waals surface area contributed by atoms with Crippen molar-refractivity contribution in [2.45, 2.75) is 10.9 Å². The Morgan fingerprint density at radius 1 is 1.38 bits per heavy atom. The largest absolute Gasteiger partial charge is 0.496 e. The molecular weight excluding hydrogens is 348 g/mol. The van der Waals surface area contributed by atoms with Gasteiger partial charge in [0.05, 0.1) is 17.6 Å². The summed E-state index contributed by atoms with van der Waals surface area (Å²) in [5, 5.41) is 21.9. The predicted octanol–water partition coefficient (Wildman–Crippen LogP) is 3.75. The molecule has 0 saturated carbocycles. The molecule has 0 aliphatic heterocycles. The standard InChI is InChI=1S/C15H14N4O3S2/c1-18-14(11-5-3-4-6-12(11)22-2)16-17-15(18)24-9-10-7-13(19(20)21)23-8-10/h3-8H,9H2,1-2H3. The van der Waals surface area contributed by atoms with E-state index in [4.69, 9.17) is 4.74 Å². The number of rotatable bonds is 6. The molecule has 0 aliphatic carbocycles. The third kappa shape index (κ3) is 3.26. The minimum Gasteiger partial charge on any atom is -0.496 e. The van der Waals surface area contributed by atoms with E-state index in [2.05, 4.69) is 10.2 Å². The lowest BCUT2D eigenvalue weighted by molar-refractivity contribution is -0.380. The first kappa shape index (κ1) is 16.5. The van der Waals surface area contributed by atoms with Gasteiger partial charge in [-0.3, -0.25) is 10.1 Å². The SMILES string of the molecule is COc1ccccc1-c1nnc(SCc2csc([N+](=O)[O-])c2)n1C. The molecule has 0 atom stereocenters. The van der Waals surface area contributed by atoms with Crippen LogP contribution in [0.2, 0.25) is 0 Å². The van der Waals surface area contributed by atoms with E-state index in [9.17, 15) is 10.1 Å². The molecule has 0 aliphatic rings. The zero-order chi connectivity index (χ0) is 17.1. The summed E-state index contributed by atoms with van der Waals surface area (Å²) in [4.78, 5) is 10.4. The zero-order valence-corrected chi connectivity index (χ0v) is 14.6. The summed E-state index contributed by atoms with van der Waals surface area (Å²) >= 11 is 2.62. The van der Waals surface area contributed by atoms with Crippen LogP contribution in [0.3, 0.4) is 0 Å². The van der Waals surface area contributed by atoms with Crippen LogP contribution in [-0.4, -0.2) is 26.8 Å².